The standard InChI is InChI=1S/C29H27F4N3O3/c1-16-11-18-9-10-36(24(18)23(35-16)25(37)38)28(26(34)39,15-17-5-7-19(8-6-17)27(2,3)4)20-12-21(29(31,32)33)14-22(30)13-20/h5-14H,15H2,1-4H3,(H2,34,39)(H,37,38). The van der Waals surface area contributed by atoms with Gasteiger partial charge in [0, 0.05) is 23.7 Å². The first kappa shape index (κ1) is 27.8. The van der Waals surface area contributed by atoms with Gasteiger partial charge in [-0.25, -0.2) is 14.2 Å². The molecule has 2 aromatic carbocycles. The molecule has 4 aromatic rings. The smallest absolute Gasteiger partial charge is 0.416 e. The summed E-state index contributed by atoms with van der Waals surface area (Å²) in [5.41, 5.74) is 3.35. The summed E-state index contributed by atoms with van der Waals surface area (Å²) in [6, 6.07) is 12.0. The van der Waals surface area contributed by atoms with Crippen molar-refractivity contribution in [1.29, 1.82) is 0 Å². The molecule has 0 saturated carbocycles. The number of hydrogen-bond acceptors (Lipinski definition) is 3. The fraction of sp³-hybridized carbons (Fsp3) is 0.276. The number of hydrogen-bond donors (Lipinski definition) is 2. The summed E-state index contributed by atoms with van der Waals surface area (Å²) >= 11 is 0. The zero-order valence-corrected chi connectivity index (χ0v) is 21.7. The summed E-state index contributed by atoms with van der Waals surface area (Å²) in [5, 5.41) is 10.3. The molecule has 204 valence electrons. The van der Waals surface area contributed by atoms with E-state index in [0.29, 0.717) is 28.8 Å². The van der Waals surface area contributed by atoms with Gasteiger partial charge in [0.05, 0.1) is 11.1 Å². The van der Waals surface area contributed by atoms with Crippen LogP contribution in [-0.2, 0) is 28.3 Å². The van der Waals surface area contributed by atoms with Crippen molar-refractivity contribution in [2.45, 2.75) is 51.2 Å². The van der Waals surface area contributed by atoms with Crippen LogP contribution in [0.4, 0.5) is 17.6 Å². The number of primary amides is 1. The Bertz CT molecular complexity index is 1580. The maximum absolute atomic E-state index is 14.7. The van der Waals surface area contributed by atoms with Gasteiger partial charge in [-0.2, -0.15) is 13.2 Å². The van der Waals surface area contributed by atoms with Gasteiger partial charge in [-0.1, -0.05) is 45.0 Å². The number of fused-ring (bicyclic) bond motifs is 1. The number of nitrogens with two attached hydrogens (primary N) is 1. The number of rotatable bonds is 6. The van der Waals surface area contributed by atoms with Crippen molar-refractivity contribution >= 4 is 22.8 Å². The Kier molecular flexibility index (Phi) is 6.79. The highest BCUT2D eigenvalue weighted by Crippen LogP contribution is 2.39. The van der Waals surface area contributed by atoms with E-state index in [1.807, 2.05) is 32.9 Å². The van der Waals surface area contributed by atoms with Crippen molar-refractivity contribution in [3.63, 3.8) is 0 Å². The van der Waals surface area contributed by atoms with E-state index < -0.39 is 40.7 Å². The van der Waals surface area contributed by atoms with Crippen LogP contribution in [0.25, 0.3) is 10.9 Å². The molecule has 1 unspecified atom stereocenters. The van der Waals surface area contributed by atoms with E-state index in [9.17, 15) is 32.3 Å². The Morgan fingerprint density at radius 1 is 0.949 bits per heavy atom. The Balaban J connectivity index is 2.09. The van der Waals surface area contributed by atoms with Gasteiger partial charge in [-0.15, -0.1) is 0 Å². The number of aryl methyl sites for hydroxylation is 1. The minimum absolute atomic E-state index is 0.0315. The van der Waals surface area contributed by atoms with Gasteiger partial charge in [0.2, 0.25) is 5.91 Å². The fourth-order valence-electron chi connectivity index (χ4n) is 4.85. The Labute approximate surface area is 222 Å². The van der Waals surface area contributed by atoms with E-state index in [1.54, 1.807) is 25.1 Å². The zero-order chi connectivity index (χ0) is 28.9. The number of carbonyl (C=O) groups excluding carboxylic acids is 1. The van der Waals surface area contributed by atoms with Gasteiger partial charge in [-0.3, -0.25) is 4.79 Å². The molecule has 39 heavy (non-hydrogen) atoms. The van der Waals surface area contributed by atoms with E-state index in [0.717, 1.165) is 11.6 Å². The molecule has 0 aliphatic heterocycles. The Morgan fingerprint density at radius 3 is 2.10 bits per heavy atom. The number of aromatic carboxylic acids is 1. The lowest BCUT2D eigenvalue weighted by atomic mass is 9.80. The van der Waals surface area contributed by atoms with Gasteiger partial charge in [0.25, 0.3) is 0 Å². The summed E-state index contributed by atoms with van der Waals surface area (Å²) in [7, 11) is 0. The predicted octanol–water partition coefficient (Wildman–Crippen LogP) is 5.97. The molecule has 1 atom stereocenters. The number of benzene rings is 2. The first-order valence-electron chi connectivity index (χ1n) is 12.0. The topological polar surface area (TPSA) is 98.2 Å². The molecule has 1 amide bonds. The number of amides is 1. The van der Waals surface area contributed by atoms with Crippen molar-refractivity contribution in [2.24, 2.45) is 5.73 Å². The molecule has 3 N–H and O–H groups in total. The van der Waals surface area contributed by atoms with Crippen LogP contribution < -0.4 is 5.73 Å². The van der Waals surface area contributed by atoms with Crippen LogP contribution in [0.2, 0.25) is 0 Å². The highest BCUT2D eigenvalue weighted by molar-refractivity contribution is 6.02. The van der Waals surface area contributed by atoms with Gasteiger partial charge in [0.15, 0.2) is 11.2 Å². The van der Waals surface area contributed by atoms with Crippen molar-refractivity contribution < 1.29 is 32.3 Å². The highest BCUT2D eigenvalue weighted by atomic mass is 19.4. The average molecular weight is 542 g/mol. The Morgan fingerprint density at radius 2 is 1.56 bits per heavy atom. The summed E-state index contributed by atoms with van der Waals surface area (Å²) < 4.78 is 57.2. The fourth-order valence-corrected chi connectivity index (χ4v) is 4.85. The number of halogens is 4. The molecule has 0 spiro atoms. The van der Waals surface area contributed by atoms with E-state index in [1.165, 1.54) is 16.8 Å². The van der Waals surface area contributed by atoms with Gasteiger partial charge in [-0.05, 0) is 59.4 Å². The molecule has 2 heterocycles. The van der Waals surface area contributed by atoms with Crippen molar-refractivity contribution in [2.75, 3.05) is 0 Å². The quantitative estimate of drug-likeness (QED) is 0.294. The van der Waals surface area contributed by atoms with Crippen LogP contribution in [0.15, 0.2) is 60.8 Å². The molecule has 2 aromatic heterocycles. The van der Waals surface area contributed by atoms with Crippen molar-refractivity contribution in [3.8, 4) is 0 Å². The van der Waals surface area contributed by atoms with Crippen molar-refractivity contribution in [3.05, 3.63) is 100 Å². The minimum atomic E-state index is -4.92. The highest BCUT2D eigenvalue weighted by Gasteiger charge is 2.44. The van der Waals surface area contributed by atoms with E-state index in [-0.39, 0.29) is 22.9 Å². The number of nitrogens with zero attached hydrogens (tertiary/aromatic N) is 2. The summed E-state index contributed by atoms with van der Waals surface area (Å²) in [5.74, 6) is -3.74. The normalized spacial score (nSPS) is 13.8. The third-order valence-electron chi connectivity index (χ3n) is 6.80. The molecule has 10 heteroatoms. The second-order valence-electron chi connectivity index (χ2n) is 10.6. The lowest BCUT2D eigenvalue weighted by Crippen LogP contribution is -2.49. The number of carboxylic acid groups (broad SMARTS) is 1. The van der Waals surface area contributed by atoms with Crippen molar-refractivity contribution in [1.82, 2.24) is 9.55 Å². The van der Waals surface area contributed by atoms with E-state index >= 15 is 0 Å². The monoisotopic (exact) mass is 541 g/mol. The maximum atomic E-state index is 14.7. The number of aromatic nitrogens is 2. The van der Waals surface area contributed by atoms with Crippen LogP contribution >= 0.6 is 0 Å². The van der Waals surface area contributed by atoms with Crippen LogP contribution in [-0.4, -0.2) is 26.5 Å². The third-order valence-corrected chi connectivity index (χ3v) is 6.80. The molecular formula is C29H27F4N3O3. The number of carboxylic acids is 1. The molecule has 0 aliphatic carbocycles. The number of alkyl halides is 3. The number of pyridine rings is 1. The van der Waals surface area contributed by atoms with Gasteiger partial charge >= 0.3 is 12.1 Å². The largest absolute Gasteiger partial charge is 0.476 e. The molecule has 0 bridgehead atoms. The summed E-state index contributed by atoms with van der Waals surface area (Å²) in [4.78, 5) is 29.7. The average Bonchev–Trinajstić information content (AvgIpc) is 3.24. The molecule has 0 radical (unpaired) electrons. The van der Waals surface area contributed by atoms with Gasteiger partial charge < -0.3 is 15.4 Å². The molecule has 4 rings (SSSR count). The SMILES string of the molecule is Cc1cc2ccn(C(Cc3ccc(C(C)(C)C)cc3)(C(N)=O)c3cc(F)cc(C(F)(F)F)c3)c2c(C(=O)O)n1. The molecule has 6 nitrogen and oxygen atoms in total. The first-order valence-corrected chi connectivity index (χ1v) is 12.0. The minimum Gasteiger partial charge on any atom is -0.476 e. The second-order valence-corrected chi connectivity index (χ2v) is 10.6. The second kappa shape index (κ2) is 9.52. The summed E-state index contributed by atoms with van der Waals surface area (Å²) in [6.45, 7) is 7.62. The predicted molar refractivity (Wildman–Crippen MR) is 138 cm³/mol. The maximum Gasteiger partial charge on any atom is 0.416 e. The Hall–Kier alpha value is -4.21. The zero-order valence-electron chi connectivity index (χ0n) is 21.7. The molecule has 0 aliphatic rings. The van der Waals surface area contributed by atoms with Crippen LogP contribution in [0.3, 0.4) is 0 Å². The van der Waals surface area contributed by atoms with Gasteiger partial charge in [0.1, 0.15) is 5.82 Å². The number of carbonyl (C=O) groups is 2. The van der Waals surface area contributed by atoms with Crippen LogP contribution in [0.5, 0.6) is 0 Å². The van der Waals surface area contributed by atoms with Crippen LogP contribution in [0, 0.1) is 12.7 Å². The van der Waals surface area contributed by atoms with Crippen LogP contribution in [0.1, 0.15) is 59.2 Å². The summed E-state index contributed by atoms with van der Waals surface area (Å²) in [6.07, 6.45) is -3.84. The molecule has 0 saturated heterocycles. The lowest BCUT2D eigenvalue weighted by Gasteiger charge is -2.35. The van der Waals surface area contributed by atoms with E-state index in [2.05, 4.69) is 4.98 Å². The first-order chi connectivity index (χ1) is 18.0. The lowest BCUT2D eigenvalue weighted by molar-refractivity contribution is -0.138. The molecule has 0 fully saturated rings. The van der Waals surface area contributed by atoms with E-state index in [4.69, 9.17) is 5.73 Å². The third kappa shape index (κ3) is 5.10. The molecular weight excluding hydrogens is 514 g/mol.